The number of nitrogens with zero attached hydrogens (tertiary/aromatic N) is 2. The molecular weight excluding hydrogens is 128 g/mol. The average molecular weight is 136 g/mol. The summed E-state index contributed by atoms with van der Waals surface area (Å²) in [7, 11) is 0. The van der Waals surface area contributed by atoms with Crippen LogP contribution in [0, 0.1) is 20.4 Å². The van der Waals surface area contributed by atoms with Crippen molar-refractivity contribution in [1.82, 2.24) is 5.16 Å². The van der Waals surface area contributed by atoms with Gasteiger partial charge in [0.2, 0.25) is 6.54 Å². The largest absolute Gasteiger partial charge is 0.361 e. The highest BCUT2D eigenvalue weighted by atomic mass is 16.5. The van der Waals surface area contributed by atoms with E-state index in [0.29, 0.717) is 6.54 Å². The first-order valence-electron chi connectivity index (χ1n) is 3.00. The molecule has 0 N–H and O–H groups in total. The summed E-state index contributed by atoms with van der Waals surface area (Å²) in [6.07, 6.45) is 0. The Balaban J connectivity index is 3.01. The van der Waals surface area contributed by atoms with Gasteiger partial charge in [0.25, 0.3) is 0 Å². The van der Waals surface area contributed by atoms with Gasteiger partial charge >= 0.3 is 0 Å². The van der Waals surface area contributed by atoms with Gasteiger partial charge in [-0.15, -0.1) is 0 Å². The molecule has 0 unspecified atom stereocenters. The van der Waals surface area contributed by atoms with E-state index in [1.54, 1.807) is 0 Å². The van der Waals surface area contributed by atoms with Crippen molar-refractivity contribution in [2.45, 2.75) is 20.4 Å². The number of aryl methyl sites for hydroxylation is 2. The summed E-state index contributed by atoms with van der Waals surface area (Å²) in [6, 6.07) is 0. The van der Waals surface area contributed by atoms with Crippen molar-refractivity contribution < 1.29 is 4.52 Å². The molecule has 3 nitrogen and oxygen atoms in total. The molecule has 0 bridgehead atoms. The minimum Gasteiger partial charge on any atom is -0.361 e. The zero-order valence-corrected chi connectivity index (χ0v) is 6.01. The summed E-state index contributed by atoms with van der Waals surface area (Å²) < 4.78 is 4.85. The van der Waals surface area contributed by atoms with Crippen molar-refractivity contribution in [2.24, 2.45) is 0 Å². The molecule has 1 aromatic heterocycles. The van der Waals surface area contributed by atoms with Gasteiger partial charge in [-0.3, -0.25) is 0 Å². The van der Waals surface area contributed by atoms with Crippen molar-refractivity contribution >= 4 is 0 Å². The number of hydrogen-bond donors (Lipinski definition) is 0. The maximum Gasteiger partial charge on any atom is 0.245 e. The molecule has 0 spiro atoms. The van der Waals surface area contributed by atoms with Gasteiger partial charge in [0.15, 0.2) is 0 Å². The molecule has 1 aromatic rings. The lowest BCUT2D eigenvalue weighted by Gasteiger charge is -1.84. The van der Waals surface area contributed by atoms with Gasteiger partial charge in [-0.05, 0) is 13.8 Å². The molecule has 0 amide bonds. The third-order valence-electron chi connectivity index (χ3n) is 1.42. The molecule has 0 aliphatic rings. The normalized spacial score (nSPS) is 9.30. The van der Waals surface area contributed by atoms with Crippen LogP contribution in [0.2, 0.25) is 0 Å². The first-order chi connectivity index (χ1) is 4.75. The van der Waals surface area contributed by atoms with Crippen molar-refractivity contribution in [3.8, 4) is 0 Å². The molecule has 0 aliphatic heterocycles. The molecule has 0 saturated heterocycles. The fraction of sp³-hybridized carbons (Fsp3) is 0.429. The first kappa shape index (κ1) is 6.81. The SMILES string of the molecule is [C-]#[N+]Cc1c(C)noc1C. The van der Waals surface area contributed by atoms with Crippen LogP contribution >= 0.6 is 0 Å². The molecule has 0 aliphatic carbocycles. The van der Waals surface area contributed by atoms with E-state index in [1.807, 2.05) is 13.8 Å². The van der Waals surface area contributed by atoms with Crippen LogP contribution in [0.4, 0.5) is 0 Å². The highest BCUT2D eigenvalue weighted by molar-refractivity contribution is 5.21. The van der Waals surface area contributed by atoms with Crippen LogP contribution in [-0.2, 0) is 6.54 Å². The van der Waals surface area contributed by atoms with Gasteiger partial charge in [0, 0.05) is 0 Å². The monoisotopic (exact) mass is 136 g/mol. The third-order valence-corrected chi connectivity index (χ3v) is 1.42. The van der Waals surface area contributed by atoms with E-state index in [9.17, 15) is 0 Å². The van der Waals surface area contributed by atoms with E-state index in [-0.39, 0.29) is 0 Å². The molecule has 0 fully saturated rings. The quantitative estimate of drug-likeness (QED) is 0.550. The molecule has 52 valence electrons. The van der Waals surface area contributed by atoms with E-state index in [1.165, 1.54) is 0 Å². The number of aromatic nitrogens is 1. The summed E-state index contributed by atoms with van der Waals surface area (Å²) >= 11 is 0. The predicted octanol–water partition coefficient (Wildman–Crippen LogP) is 1.71. The van der Waals surface area contributed by atoms with E-state index < -0.39 is 0 Å². The predicted molar refractivity (Wildman–Crippen MR) is 36.3 cm³/mol. The lowest BCUT2D eigenvalue weighted by atomic mass is 10.2. The summed E-state index contributed by atoms with van der Waals surface area (Å²) in [4.78, 5) is 3.25. The molecule has 1 heterocycles. The molecule has 0 saturated carbocycles. The fourth-order valence-electron chi connectivity index (χ4n) is 0.807. The Labute approximate surface area is 59.5 Å². The minimum atomic E-state index is 0.376. The Bertz CT molecular complexity index is 250. The summed E-state index contributed by atoms with van der Waals surface area (Å²) in [6.45, 7) is 10.7. The minimum absolute atomic E-state index is 0.376. The van der Waals surface area contributed by atoms with Crippen LogP contribution in [0.25, 0.3) is 4.85 Å². The average Bonchev–Trinajstić information content (AvgIpc) is 2.20. The van der Waals surface area contributed by atoms with Crippen LogP contribution < -0.4 is 0 Å². The van der Waals surface area contributed by atoms with Crippen molar-refractivity contribution in [2.75, 3.05) is 0 Å². The molecule has 0 aromatic carbocycles. The van der Waals surface area contributed by atoms with Crippen LogP contribution in [0.15, 0.2) is 4.52 Å². The second-order valence-electron chi connectivity index (χ2n) is 2.12. The van der Waals surface area contributed by atoms with Crippen LogP contribution in [-0.4, -0.2) is 5.16 Å². The second-order valence-corrected chi connectivity index (χ2v) is 2.12. The van der Waals surface area contributed by atoms with E-state index in [0.717, 1.165) is 17.0 Å². The Morgan fingerprint density at radius 1 is 1.60 bits per heavy atom. The summed E-state index contributed by atoms with van der Waals surface area (Å²) in [5.74, 6) is 0.758. The van der Waals surface area contributed by atoms with Crippen LogP contribution in [0.1, 0.15) is 17.0 Å². The van der Waals surface area contributed by atoms with E-state index >= 15 is 0 Å². The van der Waals surface area contributed by atoms with E-state index in [4.69, 9.17) is 11.1 Å². The Kier molecular flexibility index (Phi) is 1.72. The summed E-state index contributed by atoms with van der Waals surface area (Å²) in [5, 5.41) is 3.72. The molecule has 3 heteroatoms. The highest BCUT2D eigenvalue weighted by Gasteiger charge is 2.09. The number of rotatable bonds is 1. The van der Waals surface area contributed by atoms with Gasteiger partial charge < -0.3 is 9.37 Å². The summed E-state index contributed by atoms with van der Waals surface area (Å²) in [5.41, 5.74) is 1.75. The Morgan fingerprint density at radius 3 is 2.70 bits per heavy atom. The highest BCUT2D eigenvalue weighted by Crippen LogP contribution is 2.12. The van der Waals surface area contributed by atoms with Crippen molar-refractivity contribution in [3.05, 3.63) is 28.4 Å². The van der Waals surface area contributed by atoms with E-state index in [2.05, 4.69) is 10.0 Å². The Hall–Kier alpha value is -1.30. The zero-order chi connectivity index (χ0) is 7.56. The molecular formula is C7H8N2O. The lowest BCUT2D eigenvalue weighted by Crippen LogP contribution is -1.82. The maximum atomic E-state index is 6.63. The lowest BCUT2D eigenvalue weighted by molar-refractivity contribution is 0.392. The van der Waals surface area contributed by atoms with Crippen molar-refractivity contribution in [3.63, 3.8) is 0 Å². The standard InChI is InChI=1S/C7H8N2O/c1-5-7(4-8-3)6(2)10-9-5/h4H2,1-2H3. The smallest absolute Gasteiger partial charge is 0.245 e. The first-order valence-corrected chi connectivity index (χ1v) is 3.00. The van der Waals surface area contributed by atoms with Gasteiger partial charge in [-0.2, -0.15) is 0 Å². The fourth-order valence-corrected chi connectivity index (χ4v) is 0.807. The number of hydrogen-bond acceptors (Lipinski definition) is 2. The van der Waals surface area contributed by atoms with Gasteiger partial charge in [0.1, 0.15) is 5.76 Å². The molecule has 0 atom stereocenters. The topological polar surface area (TPSA) is 30.4 Å². The molecule has 0 radical (unpaired) electrons. The van der Waals surface area contributed by atoms with Gasteiger partial charge in [-0.25, -0.2) is 6.57 Å². The second kappa shape index (κ2) is 2.53. The van der Waals surface area contributed by atoms with Crippen LogP contribution in [0.3, 0.4) is 0 Å². The zero-order valence-electron chi connectivity index (χ0n) is 6.01. The molecule has 1 rings (SSSR count). The maximum absolute atomic E-state index is 6.63. The Morgan fingerprint density at radius 2 is 2.30 bits per heavy atom. The third kappa shape index (κ3) is 1.01. The van der Waals surface area contributed by atoms with Crippen molar-refractivity contribution in [1.29, 1.82) is 0 Å². The van der Waals surface area contributed by atoms with Gasteiger partial charge in [0.05, 0.1) is 11.3 Å². The van der Waals surface area contributed by atoms with Gasteiger partial charge in [-0.1, -0.05) is 5.16 Å². The van der Waals surface area contributed by atoms with Crippen LogP contribution in [0.5, 0.6) is 0 Å². The molecule has 10 heavy (non-hydrogen) atoms.